The third-order valence-electron chi connectivity index (χ3n) is 4.24. The molecule has 3 rings (SSSR count). The van der Waals surface area contributed by atoms with Crippen LogP contribution in [0.3, 0.4) is 0 Å². The van der Waals surface area contributed by atoms with Crippen molar-refractivity contribution in [1.29, 1.82) is 0 Å². The van der Waals surface area contributed by atoms with E-state index in [9.17, 15) is 4.39 Å². The normalized spacial score (nSPS) is 18.8. The second-order valence-corrected chi connectivity index (χ2v) is 5.53. The Bertz CT molecular complexity index is 564. The lowest BCUT2D eigenvalue weighted by Gasteiger charge is -2.35. The fourth-order valence-electron chi connectivity index (χ4n) is 3.22. The molecule has 4 heteroatoms. The maximum Gasteiger partial charge on any atom is 0.125 e. The zero-order chi connectivity index (χ0) is 13.3. The molecular weight excluding hydrogens is 241 g/mol. The summed E-state index contributed by atoms with van der Waals surface area (Å²) >= 11 is 0. The van der Waals surface area contributed by atoms with Gasteiger partial charge < -0.3 is 10.3 Å². The first-order valence-electron chi connectivity index (χ1n) is 7.10. The summed E-state index contributed by atoms with van der Waals surface area (Å²) in [5, 5.41) is 3.41. The Labute approximate surface area is 112 Å². The van der Waals surface area contributed by atoms with Gasteiger partial charge in [-0.2, -0.15) is 0 Å². The van der Waals surface area contributed by atoms with Crippen molar-refractivity contribution in [3.05, 3.63) is 29.8 Å². The van der Waals surface area contributed by atoms with Crippen LogP contribution in [0, 0.1) is 5.82 Å². The van der Waals surface area contributed by atoms with Gasteiger partial charge in [0.15, 0.2) is 0 Å². The minimum Gasteiger partial charge on any atom is -0.341 e. The van der Waals surface area contributed by atoms with Crippen molar-refractivity contribution in [2.45, 2.75) is 38.0 Å². The van der Waals surface area contributed by atoms with E-state index in [2.05, 4.69) is 17.2 Å². The summed E-state index contributed by atoms with van der Waals surface area (Å²) in [7, 11) is 0. The molecule has 1 fully saturated rings. The molecule has 1 aliphatic heterocycles. The van der Waals surface area contributed by atoms with E-state index in [1.165, 1.54) is 12.1 Å². The summed E-state index contributed by atoms with van der Waals surface area (Å²) in [6.07, 6.45) is 4.48. The summed E-state index contributed by atoms with van der Waals surface area (Å²) in [5.74, 6) is 0.828. The SMILES string of the molecule is CCCC1(c2nc3ccc(F)cc3[nH]2)CCNCC1. The molecule has 1 aromatic carbocycles. The first-order chi connectivity index (χ1) is 9.23. The monoisotopic (exact) mass is 261 g/mol. The predicted molar refractivity (Wildman–Crippen MR) is 74.7 cm³/mol. The first-order valence-corrected chi connectivity index (χ1v) is 7.10. The van der Waals surface area contributed by atoms with Gasteiger partial charge in [-0.25, -0.2) is 9.37 Å². The van der Waals surface area contributed by atoms with Crippen molar-refractivity contribution in [2.75, 3.05) is 13.1 Å². The number of fused-ring (bicyclic) bond motifs is 1. The standard InChI is InChI=1S/C15H20FN3/c1-2-5-15(6-8-17-9-7-15)14-18-12-4-3-11(16)10-13(12)19-14/h3-4,10,17H,2,5-9H2,1H3,(H,18,19). The van der Waals surface area contributed by atoms with Crippen molar-refractivity contribution >= 4 is 11.0 Å². The second-order valence-electron chi connectivity index (χ2n) is 5.53. The number of nitrogens with one attached hydrogen (secondary N) is 2. The summed E-state index contributed by atoms with van der Waals surface area (Å²) in [6, 6.07) is 4.76. The van der Waals surface area contributed by atoms with Gasteiger partial charge in [0.2, 0.25) is 0 Å². The zero-order valence-electron chi connectivity index (χ0n) is 11.3. The molecule has 2 heterocycles. The van der Waals surface area contributed by atoms with Crippen LogP contribution in [0.4, 0.5) is 4.39 Å². The van der Waals surface area contributed by atoms with E-state index in [1.807, 2.05) is 0 Å². The van der Waals surface area contributed by atoms with E-state index in [4.69, 9.17) is 4.98 Å². The van der Waals surface area contributed by atoms with Gasteiger partial charge in [0.05, 0.1) is 11.0 Å². The first kappa shape index (κ1) is 12.6. The number of hydrogen-bond donors (Lipinski definition) is 2. The number of aromatic amines is 1. The van der Waals surface area contributed by atoms with Crippen LogP contribution in [-0.2, 0) is 5.41 Å². The molecular formula is C15H20FN3. The maximum absolute atomic E-state index is 13.3. The van der Waals surface area contributed by atoms with Crippen molar-refractivity contribution in [1.82, 2.24) is 15.3 Å². The largest absolute Gasteiger partial charge is 0.341 e. The Kier molecular flexibility index (Phi) is 3.27. The van der Waals surface area contributed by atoms with Gasteiger partial charge in [-0.05, 0) is 50.6 Å². The molecule has 3 nitrogen and oxygen atoms in total. The zero-order valence-corrected chi connectivity index (χ0v) is 11.3. The Morgan fingerprint density at radius 2 is 2.11 bits per heavy atom. The van der Waals surface area contributed by atoms with E-state index >= 15 is 0 Å². The van der Waals surface area contributed by atoms with Gasteiger partial charge >= 0.3 is 0 Å². The molecule has 0 amide bonds. The van der Waals surface area contributed by atoms with E-state index in [-0.39, 0.29) is 11.2 Å². The molecule has 0 saturated carbocycles. The van der Waals surface area contributed by atoms with Crippen LogP contribution in [0.1, 0.15) is 38.4 Å². The van der Waals surface area contributed by atoms with E-state index < -0.39 is 0 Å². The number of rotatable bonds is 3. The molecule has 2 N–H and O–H groups in total. The fraction of sp³-hybridized carbons (Fsp3) is 0.533. The van der Waals surface area contributed by atoms with Crippen molar-refractivity contribution in [2.24, 2.45) is 0 Å². The van der Waals surface area contributed by atoms with Gasteiger partial charge in [0.25, 0.3) is 0 Å². The topological polar surface area (TPSA) is 40.7 Å². The molecule has 0 aliphatic carbocycles. The minimum atomic E-state index is -0.211. The Morgan fingerprint density at radius 3 is 2.84 bits per heavy atom. The highest BCUT2D eigenvalue weighted by Gasteiger charge is 2.35. The van der Waals surface area contributed by atoms with Gasteiger partial charge in [0, 0.05) is 5.41 Å². The molecule has 1 saturated heterocycles. The quantitative estimate of drug-likeness (QED) is 0.891. The minimum absolute atomic E-state index is 0.134. The molecule has 0 atom stereocenters. The molecule has 19 heavy (non-hydrogen) atoms. The molecule has 0 bridgehead atoms. The van der Waals surface area contributed by atoms with Crippen LogP contribution >= 0.6 is 0 Å². The van der Waals surface area contributed by atoms with Crippen molar-refractivity contribution < 1.29 is 4.39 Å². The Balaban J connectivity index is 2.04. The van der Waals surface area contributed by atoms with E-state index in [0.29, 0.717) is 0 Å². The number of hydrogen-bond acceptors (Lipinski definition) is 2. The van der Waals surface area contributed by atoms with Crippen molar-refractivity contribution in [3.8, 4) is 0 Å². The molecule has 1 aromatic heterocycles. The molecule has 0 spiro atoms. The predicted octanol–water partition coefficient (Wildman–Crippen LogP) is 3.12. The maximum atomic E-state index is 13.3. The van der Waals surface area contributed by atoms with Crippen LogP contribution in [0.15, 0.2) is 18.2 Å². The second kappa shape index (κ2) is 4.93. The Morgan fingerprint density at radius 1 is 1.32 bits per heavy atom. The number of piperidine rings is 1. The Hall–Kier alpha value is -1.42. The fourth-order valence-corrected chi connectivity index (χ4v) is 3.22. The molecule has 0 unspecified atom stereocenters. The van der Waals surface area contributed by atoms with Gasteiger partial charge in [-0.1, -0.05) is 13.3 Å². The number of aromatic nitrogens is 2. The smallest absolute Gasteiger partial charge is 0.125 e. The number of nitrogens with zero attached hydrogens (tertiary/aromatic N) is 1. The van der Waals surface area contributed by atoms with Crippen LogP contribution in [0.2, 0.25) is 0 Å². The highest BCUT2D eigenvalue weighted by Crippen LogP contribution is 2.37. The summed E-state index contributed by atoms with van der Waals surface area (Å²) in [6.45, 7) is 4.28. The van der Waals surface area contributed by atoms with Gasteiger partial charge in [0.1, 0.15) is 11.6 Å². The average Bonchev–Trinajstić information content (AvgIpc) is 2.83. The molecule has 2 aromatic rings. The van der Waals surface area contributed by atoms with Crippen LogP contribution in [0.5, 0.6) is 0 Å². The lowest BCUT2D eigenvalue weighted by Crippen LogP contribution is -2.40. The average molecular weight is 261 g/mol. The molecule has 1 aliphatic rings. The van der Waals surface area contributed by atoms with Gasteiger partial charge in [-0.15, -0.1) is 0 Å². The number of imidazole rings is 1. The van der Waals surface area contributed by atoms with Gasteiger partial charge in [-0.3, -0.25) is 0 Å². The summed E-state index contributed by atoms with van der Waals surface area (Å²) < 4.78 is 13.3. The number of benzene rings is 1. The molecule has 0 radical (unpaired) electrons. The third-order valence-corrected chi connectivity index (χ3v) is 4.24. The lowest BCUT2D eigenvalue weighted by molar-refractivity contribution is 0.273. The highest BCUT2D eigenvalue weighted by atomic mass is 19.1. The summed E-state index contributed by atoms with van der Waals surface area (Å²) in [4.78, 5) is 8.07. The number of halogens is 1. The lowest BCUT2D eigenvalue weighted by atomic mass is 9.75. The third kappa shape index (κ3) is 2.25. The number of H-pyrrole nitrogens is 1. The van der Waals surface area contributed by atoms with Crippen LogP contribution < -0.4 is 5.32 Å². The summed E-state index contributed by atoms with van der Waals surface area (Å²) in [5.41, 5.74) is 1.81. The van der Waals surface area contributed by atoms with E-state index in [1.54, 1.807) is 6.07 Å². The van der Waals surface area contributed by atoms with Crippen LogP contribution in [-0.4, -0.2) is 23.1 Å². The molecule has 102 valence electrons. The van der Waals surface area contributed by atoms with Crippen LogP contribution in [0.25, 0.3) is 11.0 Å². The van der Waals surface area contributed by atoms with Crippen molar-refractivity contribution in [3.63, 3.8) is 0 Å². The van der Waals surface area contributed by atoms with E-state index in [0.717, 1.165) is 55.6 Å². The highest BCUT2D eigenvalue weighted by molar-refractivity contribution is 5.75.